The highest BCUT2D eigenvalue weighted by molar-refractivity contribution is 5.95. The number of furan rings is 1. The minimum absolute atomic E-state index is 0.0199. The highest BCUT2D eigenvalue weighted by Gasteiger charge is 2.18. The van der Waals surface area contributed by atoms with Gasteiger partial charge in [-0.2, -0.15) is 5.26 Å². The molecule has 148 valence electrons. The van der Waals surface area contributed by atoms with Gasteiger partial charge >= 0.3 is 5.97 Å². The smallest absolute Gasteiger partial charge is 0.310 e. The van der Waals surface area contributed by atoms with Gasteiger partial charge in [-0.15, -0.1) is 0 Å². The van der Waals surface area contributed by atoms with Gasteiger partial charge in [-0.3, -0.25) is 9.59 Å². The summed E-state index contributed by atoms with van der Waals surface area (Å²) in [5, 5.41) is 9.73. The number of carbonyl (C=O) groups is 2. The van der Waals surface area contributed by atoms with Gasteiger partial charge in [0.15, 0.2) is 6.61 Å². The van der Waals surface area contributed by atoms with Crippen LogP contribution >= 0.6 is 0 Å². The van der Waals surface area contributed by atoms with Crippen molar-refractivity contribution in [1.29, 1.82) is 5.26 Å². The van der Waals surface area contributed by atoms with Crippen molar-refractivity contribution < 1.29 is 18.7 Å². The van der Waals surface area contributed by atoms with E-state index in [1.54, 1.807) is 6.26 Å². The second-order valence-electron chi connectivity index (χ2n) is 6.89. The molecule has 6 nitrogen and oxygen atoms in total. The molecule has 1 aromatic heterocycles. The van der Waals surface area contributed by atoms with Gasteiger partial charge in [-0.1, -0.05) is 29.8 Å². The molecule has 0 aliphatic rings. The Hall–Kier alpha value is -3.59. The van der Waals surface area contributed by atoms with Crippen LogP contribution in [0.4, 0.5) is 5.69 Å². The number of nitrogens with zero attached hydrogens (tertiary/aromatic N) is 2. The molecule has 0 spiro atoms. The van der Waals surface area contributed by atoms with Crippen LogP contribution in [0.2, 0.25) is 0 Å². The third-order valence-electron chi connectivity index (χ3n) is 4.60. The van der Waals surface area contributed by atoms with Crippen LogP contribution in [-0.2, 0) is 20.7 Å². The van der Waals surface area contributed by atoms with E-state index in [9.17, 15) is 9.59 Å². The van der Waals surface area contributed by atoms with Crippen molar-refractivity contribution in [2.45, 2.75) is 26.7 Å². The summed E-state index contributed by atoms with van der Waals surface area (Å²) in [6, 6.07) is 15.2. The molecule has 29 heavy (non-hydrogen) atoms. The SMILES string of the molecule is Cc1ccc(N(CCC#N)C(=O)COC(=O)Cc2coc3cc(C)ccc23)cc1. The zero-order valence-corrected chi connectivity index (χ0v) is 16.5. The summed E-state index contributed by atoms with van der Waals surface area (Å²) in [5.74, 6) is -0.879. The number of carbonyl (C=O) groups excluding carboxylic acids is 2. The number of aryl methyl sites for hydroxylation is 2. The summed E-state index contributed by atoms with van der Waals surface area (Å²) >= 11 is 0. The first-order valence-corrected chi connectivity index (χ1v) is 9.34. The zero-order valence-electron chi connectivity index (χ0n) is 16.5. The first-order chi connectivity index (χ1) is 14.0. The van der Waals surface area contributed by atoms with Crippen molar-refractivity contribution in [1.82, 2.24) is 0 Å². The topological polar surface area (TPSA) is 83.5 Å². The Morgan fingerprint density at radius 1 is 1.10 bits per heavy atom. The van der Waals surface area contributed by atoms with Crippen LogP contribution in [0.3, 0.4) is 0 Å². The number of hydrogen-bond acceptors (Lipinski definition) is 5. The predicted molar refractivity (Wildman–Crippen MR) is 109 cm³/mol. The number of anilines is 1. The number of esters is 1. The standard InChI is InChI=1S/C23H22N2O4/c1-16-4-7-19(8-5-16)25(11-3-10-24)22(26)15-29-23(27)13-18-14-28-21-12-17(2)6-9-20(18)21/h4-9,12,14H,3,11,13,15H2,1-2H3. The van der Waals surface area contributed by atoms with Crippen molar-refractivity contribution >= 4 is 28.5 Å². The van der Waals surface area contributed by atoms with E-state index in [2.05, 4.69) is 0 Å². The predicted octanol–water partition coefficient (Wildman–Crippen LogP) is 4.08. The Morgan fingerprint density at radius 3 is 2.55 bits per heavy atom. The Bertz CT molecular complexity index is 1060. The van der Waals surface area contributed by atoms with Crippen molar-refractivity contribution in [2.24, 2.45) is 0 Å². The molecule has 0 saturated heterocycles. The lowest BCUT2D eigenvalue weighted by atomic mass is 10.1. The maximum Gasteiger partial charge on any atom is 0.310 e. The van der Waals surface area contributed by atoms with Gasteiger partial charge in [0, 0.05) is 23.2 Å². The highest BCUT2D eigenvalue weighted by Crippen LogP contribution is 2.23. The summed E-state index contributed by atoms with van der Waals surface area (Å²) in [5.41, 5.74) is 4.24. The maximum atomic E-state index is 12.6. The first kappa shape index (κ1) is 20.2. The summed E-state index contributed by atoms with van der Waals surface area (Å²) in [7, 11) is 0. The minimum atomic E-state index is -0.509. The van der Waals surface area contributed by atoms with Crippen molar-refractivity contribution in [2.75, 3.05) is 18.1 Å². The average molecular weight is 390 g/mol. The summed E-state index contributed by atoms with van der Waals surface area (Å²) < 4.78 is 10.7. The lowest BCUT2D eigenvalue weighted by molar-refractivity contribution is -0.147. The molecule has 0 aliphatic carbocycles. The van der Waals surface area contributed by atoms with Gasteiger partial charge in [0.1, 0.15) is 5.58 Å². The Labute approximate surface area is 169 Å². The van der Waals surface area contributed by atoms with Crippen LogP contribution in [-0.4, -0.2) is 25.0 Å². The monoisotopic (exact) mass is 390 g/mol. The molecule has 0 radical (unpaired) electrons. The quantitative estimate of drug-likeness (QED) is 0.568. The van der Waals surface area contributed by atoms with E-state index in [-0.39, 0.29) is 31.9 Å². The van der Waals surface area contributed by atoms with E-state index in [0.29, 0.717) is 11.3 Å². The van der Waals surface area contributed by atoms with E-state index in [1.165, 1.54) is 4.90 Å². The summed E-state index contributed by atoms with van der Waals surface area (Å²) in [4.78, 5) is 26.3. The van der Waals surface area contributed by atoms with E-state index < -0.39 is 5.97 Å². The molecular formula is C23H22N2O4. The lowest BCUT2D eigenvalue weighted by Crippen LogP contribution is -2.35. The van der Waals surface area contributed by atoms with Crippen molar-refractivity contribution in [3.8, 4) is 6.07 Å². The largest absolute Gasteiger partial charge is 0.464 e. The molecule has 0 saturated carbocycles. The van der Waals surface area contributed by atoms with E-state index in [0.717, 1.165) is 22.1 Å². The lowest BCUT2D eigenvalue weighted by Gasteiger charge is -2.21. The molecule has 0 N–H and O–H groups in total. The van der Waals surface area contributed by atoms with Gasteiger partial charge in [-0.05, 0) is 37.6 Å². The molecule has 2 aromatic carbocycles. The van der Waals surface area contributed by atoms with Gasteiger partial charge in [0.2, 0.25) is 0 Å². The average Bonchev–Trinajstić information content (AvgIpc) is 3.09. The van der Waals surface area contributed by atoms with Crippen LogP contribution in [0.5, 0.6) is 0 Å². The molecule has 1 amide bonds. The summed E-state index contributed by atoms with van der Waals surface area (Å²) in [6.07, 6.45) is 1.75. The number of amides is 1. The molecular weight excluding hydrogens is 368 g/mol. The van der Waals surface area contributed by atoms with E-state index >= 15 is 0 Å². The number of fused-ring (bicyclic) bond motifs is 1. The van der Waals surface area contributed by atoms with Crippen LogP contribution in [0.1, 0.15) is 23.1 Å². The van der Waals surface area contributed by atoms with Crippen LogP contribution in [0.15, 0.2) is 53.1 Å². The Kier molecular flexibility index (Phi) is 6.30. The van der Waals surface area contributed by atoms with Crippen LogP contribution in [0.25, 0.3) is 11.0 Å². The van der Waals surface area contributed by atoms with Gasteiger partial charge in [-0.25, -0.2) is 0 Å². The fourth-order valence-electron chi connectivity index (χ4n) is 3.04. The second-order valence-corrected chi connectivity index (χ2v) is 6.89. The van der Waals surface area contributed by atoms with Crippen molar-refractivity contribution in [3.05, 3.63) is 65.4 Å². The summed E-state index contributed by atoms with van der Waals surface area (Å²) in [6.45, 7) is 3.77. The van der Waals surface area contributed by atoms with Crippen LogP contribution in [0, 0.1) is 25.2 Å². The molecule has 0 aliphatic heterocycles. The number of benzene rings is 2. The Balaban J connectivity index is 1.63. The third-order valence-corrected chi connectivity index (χ3v) is 4.60. The van der Waals surface area contributed by atoms with Crippen LogP contribution < -0.4 is 4.90 Å². The molecule has 6 heteroatoms. The molecule has 0 unspecified atom stereocenters. The molecule has 3 rings (SSSR count). The number of rotatable bonds is 7. The zero-order chi connectivity index (χ0) is 20.8. The van der Waals surface area contributed by atoms with Gasteiger partial charge in [0.25, 0.3) is 5.91 Å². The minimum Gasteiger partial charge on any atom is -0.464 e. The number of nitriles is 1. The molecule has 0 bridgehead atoms. The number of hydrogen-bond donors (Lipinski definition) is 0. The van der Waals surface area contributed by atoms with Gasteiger partial charge in [0.05, 0.1) is 25.2 Å². The first-order valence-electron chi connectivity index (χ1n) is 9.34. The van der Waals surface area contributed by atoms with E-state index in [1.807, 2.05) is 62.4 Å². The fraction of sp³-hybridized carbons (Fsp3) is 0.261. The third kappa shape index (κ3) is 5.02. The molecule has 1 heterocycles. The maximum absolute atomic E-state index is 12.6. The number of ether oxygens (including phenoxy) is 1. The Morgan fingerprint density at radius 2 is 1.83 bits per heavy atom. The van der Waals surface area contributed by atoms with E-state index in [4.69, 9.17) is 14.4 Å². The van der Waals surface area contributed by atoms with Gasteiger partial charge < -0.3 is 14.1 Å². The fourth-order valence-corrected chi connectivity index (χ4v) is 3.04. The highest BCUT2D eigenvalue weighted by atomic mass is 16.5. The normalized spacial score (nSPS) is 10.5. The molecule has 0 fully saturated rings. The van der Waals surface area contributed by atoms with Crippen molar-refractivity contribution in [3.63, 3.8) is 0 Å². The molecule has 3 aromatic rings. The second kappa shape index (κ2) is 9.07. The molecule has 0 atom stereocenters.